The van der Waals surface area contributed by atoms with Crippen molar-refractivity contribution in [3.63, 3.8) is 0 Å². The van der Waals surface area contributed by atoms with Crippen LogP contribution in [0.15, 0.2) is 33.4 Å². The number of nitrogens with zero attached hydrogens (tertiary/aromatic N) is 1. The van der Waals surface area contributed by atoms with Gasteiger partial charge in [-0.05, 0) is 56.6 Å². The number of benzene rings is 1. The fourth-order valence-electron chi connectivity index (χ4n) is 2.48. The van der Waals surface area contributed by atoms with Crippen LogP contribution in [-0.2, 0) is 19.5 Å². The summed E-state index contributed by atoms with van der Waals surface area (Å²) < 4.78 is 1.20. The second-order valence-corrected chi connectivity index (χ2v) is 7.00. The van der Waals surface area contributed by atoms with Gasteiger partial charge >= 0.3 is 0 Å². The lowest BCUT2D eigenvalue weighted by atomic mass is 9.98. The van der Waals surface area contributed by atoms with Gasteiger partial charge in [-0.25, -0.2) is 0 Å². The fraction of sp³-hybridized carbons (Fsp3) is 0.286. The molecule has 1 aromatic heterocycles. The molecule has 1 aromatic carbocycles. The Labute approximate surface area is 120 Å². The molecule has 2 heterocycles. The van der Waals surface area contributed by atoms with Crippen molar-refractivity contribution >= 4 is 33.0 Å². The van der Waals surface area contributed by atoms with E-state index in [1.807, 2.05) is 6.07 Å². The first kappa shape index (κ1) is 12.2. The van der Waals surface area contributed by atoms with E-state index in [9.17, 15) is 0 Å². The Hall–Kier alpha value is -0.840. The summed E-state index contributed by atoms with van der Waals surface area (Å²) >= 11 is 5.26. The molecule has 0 unspecified atom stereocenters. The largest absolute Gasteiger partial charge is 0.398 e. The highest BCUT2D eigenvalue weighted by Gasteiger charge is 2.18. The average Bonchev–Trinajstić information content (AvgIpc) is 2.76. The van der Waals surface area contributed by atoms with Crippen LogP contribution in [0.3, 0.4) is 0 Å². The summed E-state index contributed by atoms with van der Waals surface area (Å²) in [6.07, 6.45) is 1.10. The van der Waals surface area contributed by atoms with Crippen LogP contribution in [0.5, 0.6) is 0 Å². The zero-order valence-corrected chi connectivity index (χ0v) is 12.4. The van der Waals surface area contributed by atoms with Crippen LogP contribution in [0.25, 0.3) is 0 Å². The van der Waals surface area contributed by atoms with E-state index < -0.39 is 0 Å². The number of nitrogens with two attached hydrogens (primary N) is 1. The minimum Gasteiger partial charge on any atom is -0.398 e. The lowest BCUT2D eigenvalue weighted by Crippen LogP contribution is -2.30. The van der Waals surface area contributed by atoms with E-state index in [0.29, 0.717) is 0 Å². The highest BCUT2D eigenvalue weighted by atomic mass is 79.9. The fourth-order valence-corrected chi connectivity index (χ4v) is 3.69. The molecular weight excluding hydrogens is 308 g/mol. The van der Waals surface area contributed by atoms with Gasteiger partial charge < -0.3 is 5.73 Å². The Bertz CT molecular complexity index is 565. The summed E-state index contributed by atoms with van der Waals surface area (Å²) in [5.41, 5.74) is 11.1. The molecule has 0 spiro atoms. The lowest BCUT2D eigenvalue weighted by molar-refractivity contribution is 0.246. The first-order valence-corrected chi connectivity index (χ1v) is 7.71. The van der Waals surface area contributed by atoms with Crippen LogP contribution in [0.4, 0.5) is 5.69 Å². The van der Waals surface area contributed by atoms with Crippen LogP contribution in [0.2, 0.25) is 0 Å². The number of nitrogen functional groups attached to an aromatic ring is 1. The highest BCUT2D eigenvalue weighted by molar-refractivity contribution is 9.11. The molecule has 0 aliphatic carbocycles. The maximum absolute atomic E-state index is 6.07. The maximum Gasteiger partial charge on any atom is 0.0701 e. The van der Waals surface area contributed by atoms with Crippen molar-refractivity contribution in [2.45, 2.75) is 19.5 Å². The molecule has 2 nitrogen and oxygen atoms in total. The number of thiophene rings is 1. The molecule has 2 aromatic rings. The predicted octanol–water partition coefficient (Wildman–Crippen LogP) is 3.65. The third-order valence-corrected chi connectivity index (χ3v) is 4.97. The standard InChI is InChI=1S/C14H15BrN2S/c15-14-6-10(9-18-14)7-17-5-4-11-2-1-3-13(16)12(11)8-17/h1-3,6,9H,4-5,7-8,16H2. The number of anilines is 1. The molecule has 0 radical (unpaired) electrons. The predicted molar refractivity (Wildman–Crippen MR) is 80.7 cm³/mol. The van der Waals surface area contributed by atoms with Crippen molar-refractivity contribution in [2.24, 2.45) is 0 Å². The molecule has 4 heteroatoms. The Balaban J connectivity index is 1.76. The third kappa shape index (κ3) is 2.46. The summed E-state index contributed by atoms with van der Waals surface area (Å²) in [6, 6.07) is 8.46. The Kier molecular flexibility index (Phi) is 3.41. The number of halogens is 1. The van der Waals surface area contributed by atoms with E-state index in [1.165, 1.54) is 20.5 Å². The molecule has 0 fully saturated rings. The molecule has 2 N–H and O–H groups in total. The van der Waals surface area contributed by atoms with Gasteiger partial charge in [0.05, 0.1) is 3.79 Å². The van der Waals surface area contributed by atoms with E-state index in [4.69, 9.17) is 5.73 Å². The zero-order chi connectivity index (χ0) is 12.5. The second-order valence-electron chi connectivity index (χ2n) is 4.70. The molecule has 1 aliphatic heterocycles. The van der Waals surface area contributed by atoms with Crippen LogP contribution in [0, 0.1) is 0 Å². The first-order chi connectivity index (χ1) is 8.72. The van der Waals surface area contributed by atoms with Crippen LogP contribution < -0.4 is 5.73 Å². The molecule has 0 saturated carbocycles. The SMILES string of the molecule is Nc1cccc2c1CN(Cc1csc(Br)c1)CC2. The zero-order valence-electron chi connectivity index (χ0n) is 10.0. The van der Waals surface area contributed by atoms with Gasteiger partial charge in [0.25, 0.3) is 0 Å². The quantitative estimate of drug-likeness (QED) is 0.855. The first-order valence-electron chi connectivity index (χ1n) is 6.04. The molecule has 94 valence electrons. The van der Waals surface area contributed by atoms with Gasteiger partial charge in [0, 0.05) is 25.3 Å². The topological polar surface area (TPSA) is 29.3 Å². The Morgan fingerprint density at radius 2 is 2.28 bits per heavy atom. The summed E-state index contributed by atoms with van der Waals surface area (Å²) in [7, 11) is 0. The second kappa shape index (κ2) is 5.03. The minimum atomic E-state index is 0.934. The molecule has 18 heavy (non-hydrogen) atoms. The van der Waals surface area contributed by atoms with Crippen molar-refractivity contribution < 1.29 is 0 Å². The van der Waals surface area contributed by atoms with E-state index in [-0.39, 0.29) is 0 Å². The normalized spacial score (nSPS) is 15.6. The van der Waals surface area contributed by atoms with Crippen molar-refractivity contribution in [1.29, 1.82) is 0 Å². The van der Waals surface area contributed by atoms with Gasteiger partial charge in [-0.2, -0.15) is 0 Å². The van der Waals surface area contributed by atoms with Gasteiger partial charge in [0.2, 0.25) is 0 Å². The van der Waals surface area contributed by atoms with E-state index in [2.05, 4.69) is 44.4 Å². The molecular formula is C14H15BrN2S. The summed E-state index contributed by atoms with van der Waals surface area (Å²) in [5, 5.41) is 2.22. The number of rotatable bonds is 2. The number of hydrogen-bond donors (Lipinski definition) is 1. The van der Waals surface area contributed by atoms with Crippen LogP contribution in [-0.4, -0.2) is 11.4 Å². The van der Waals surface area contributed by atoms with E-state index >= 15 is 0 Å². The summed E-state index contributed by atoms with van der Waals surface area (Å²) in [5.74, 6) is 0. The minimum absolute atomic E-state index is 0.934. The van der Waals surface area contributed by atoms with Crippen LogP contribution >= 0.6 is 27.3 Å². The number of hydrogen-bond acceptors (Lipinski definition) is 3. The molecule has 0 saturated heterocycles. The summed E-state index contributed by atoms with van der Waals surface area (Å²) in [4.78, 5) is 2.47. The third-order valence-electron chi connectivity index (χ3n) is 3.42. The van der Waals surface area contributed by atoms with Crippen molar-refractivity contribution in [3.05, 3.63) is 50.1 Å². The lowest BCUT2D eigenvalue weighted by Gasteiger charge is -2.29. The summed E-state index contributed by atoms with van der Waals surface area (Å²) in [6.45, 7) is 3.09. The molecule has 1 aliphatic rings. The highest BCUT2D eigenvalue weighted by Crippen LogP contribution is 2.27. The van der Waals surface area contributed by atoms with E-state index in [1.54, 1.807) is 11.3 Å². The maximum atomic E-state index is 6.07. The Morgan fingerprint density at radius 3 is 3.06 bits per heavy atom. The van der Waals surface area contributed by atoms with Gasteiger partial charge in [-0.1, -0.05) is 12.1 Å². The molecule has 0 atom stereocenters. The van der Waals surface area contributed by atoms with Gasteiger partial charge in [-0.3, -0.25) is 4.90 Å². The van der Waals surface area contributed by atoms with Gasteiger partial charge in [0.1, 0.15) is 0 Å². The van der Waals surface area contributed by atoms with Crippen molar-refractivity contribution in [1.82, 2.24) is 4.90 Å². The van der Waals surface area contributed by atoms with Gasteiger partial charge in [-0.15, -0.1) is 11.3 Å². The number of fused-ring (bicyclic) bond motifs is 1. The van der Waals surface area contributed by atoms with E-state index in [0.717, 1.165) is 31.7 Å². The van der Waals surface area contributed by atoms with Crippen molar-refractivity contribution in [2.75, 3.05) is 12.3 Å². The van der Waals surface area contributed by atoms with Gasteiger partial charge in [0.15, 0.2) is 0 Å². The van der Waals surface area contributed by atoms with Crippen molar-refractivity contribution in [3.8, 4) is 0 Å². The molecule has 0 amide bonds. The monoisotopic (exact) mass is 322 g/mol. The Morgan fingerprint density at radius 1 is 1.39 bits per heavy atom. The van der Waals surface area contributed by atoms with Crippen LogP contribution in [0.1, 0.15) is 16.7 Å². The average molecular weight is 323 g/mol. The molecule has 3 rings (SSSR count). The molecule has 0 bridgehead atoms. The smallest absolute Gasteiger partial charge is 0.0701 e.